The summed E-state index contributed by atoms with van der Waals surface area (Å²) in [5.74, 6) is 0. The first-order valence-corrected chi connectivity index (χ1v) is 4.89. The van der Waals surface area contributed by atoms with Gasteiger partial charge in [-0.15, -0.1) is 6.58 Å². The number of hydrogen-bond acceptors (Lipinski definition) is 1. The minimum absolute atomic E-state index is 0.264. The highest BCUT2D eigenvalue weighted by Crippen LogP contribution is 2.08. The van der Waals surface area contributed by atoms with Crippen LogP contribution in [-0.4, -0.2) is 11.7 Å². The summed E-state index contributed by atoms with van der Waals surface area (Å²) >= 11 is 0. The molecule has 0 unspecified atom stereocenters. The Kier molecular flexibility index (Phi) is 7.41. The second-order valence-electron chi connectivity index (χ2n) is 3.11. The highest BCUT2D eigenvalue weighted by atomic mass is 16.2. The molecule has 12 heavy (non-hydrogen) atoms. The smallest absolute Gasteiger partial charge is 0.0564 e. The van der Waals surface area contributed by atoms with Gasteiger partial charge in [0.25, 0.3) is 0 Å². The van der Waals surface area contributed by atoms with Crippen molar-refractivity contribution in [1.82, 2.24) is 0 Å². The topological polar surface area (TPSA) is 20.2 Å². The number of allylic oxidation sites excluding steroid dienone is 1. The molecular weight excluding hydrogens is 148 g/mol. The van der Waals surface area contributed by atoms with Crippen molar-refractivity contribution in [2.75, 3.05) is 6.56 Å². The predicted molar refractivity (Wildman–Crippen MR) is 54.2 cm³/mol. The zero-order chi connectivity index (χ0) is 10.9. The van der Waals surface area contributed by atoms with E-state index < -0.39 is 6.56 Å². The zero-order valence-corrected chi connectivity index (χ0v) is 7.89. The Bertz CT molecular complexity index is 141. The predicted octanol–water partition coefficient (Wildman–Crippen LogP) is 3.29. The van der Waals surface area contributed by atoms with Gasteiger partial charge in [0.2, 0.25) is 0 Å². The van der Waals surface area contributed by atoms with E-state index in [1.54, 1.807) is 0 Å². The van der Waals surface area contributed by atoms with Gasteiger partial charge in [0.05, 0.1) is 2.74 Å². The molecule has 0 radical (unpaired) electrons. The molecule has 0 spiro atoms. The van der Waals surface area contributed by atoms with Crippen molar-refractivity contribution < 1.29 is 7.85 Å². The van der Waals surface area contributed by atoms with Crippen molar-refractivity contribution in [3.05, 3.63) is 12.7 Å². The van der Waals surface area contributed by atoms with Crippen LogP contribution >= 0.6 is 0 Å². The Morgan fingerprint density at radius 1 is 1.00 bits per heavy atom. The molecule has 72 valence electrons. The first-order valence-electron chi connectivity index (χ1n) is 5.89. The summed E-state index contributed by atoms with van der Waals surface area (Å²) in [6.07, 6.45) is 9.91. The van der Waals surface area contributed by atoms with E-state index in [0.717, 1.165) is 25.7 Å². The molecule has 0 saturated heterocycles. The Morgan fingerprint density at radius 2 is 1.50 bits per heavy atom. The van der Waals surface area contributed by atoms with E-state index >= 15 is 0 Å². The van der Waals surface area contributed by atoms with Crippen LogP contribution in [0.5, 0.6) is 0 Å². The molecule has 0 amide bonds. The quantitative estimate of drug-likeness (QED) is 0.418. The first kappa shape index (κ1) is 8.31. The van der Waals surface area contributed by atoms with Crippen LogP contribution in [0.3, 0.4) is 0 Å². The number of aliphatic hydroxyl groups is 1. The van der Waals surface area contributed by atoms with Crippen molar-refractivity contribution in [3.8, 4) is 0 Å². The number of hydrogen-bond donors (Lipinski definition) is 1. The maximum Gasteiger partial charge on any atom is 0.0564 e. The lowest BCUT2D eigenvalue weighted by atomic mass is 10.1. The average Bonchev–Trinajstić information content (AvgIpc) is 2.08. The highest BCUT2D eigenvalue weighted by Gasteiger charge is 1.89. The summed E-state index contributed by atoms with van der Waals surface area (Å²) in [6.45, 7) is 1.70. The first-order chi connectivity index (χ1) is 6.56. The average molecular weight is 172 g/mol. The molecule has 0 fully saturated rings. The van der Waals surface area contributed by atoms with Crippen LogP contribution in [0, 0.1) is 0 Å². The molecule has 1 nitrogen and oxygen atoms in total. The van der Waals surface area contributed by atoms with E-state index in [0.29, 0.717) is 0 Å². The maximum absolute atomic E-state index is 8.81. The highest BCUT2D eigenvalue weighted by molar-refractivity contribution is 4.65. The molecule has 0 bridgehead atoms. The van der Waals surface area contributed by atoms with Gasteiger partial charge in [0.1, 0.15) is 0 Å². The SMILES string of the molecule is [2H]C([2H])(O)CCCCCCCCC=C. The summed E-state index contributed by atoms with van der Waals surface area (Å²) in [4.78, 5) is 0. The van der Waals surface area contributed by atoms with Gasteiger partial charge in [-0.25, -0.2) is 0 Å². The molecule has 0 aromatic carbocycles. The molecule has 0 aromatic heterocycles. The normalized spacial score (nSPS) is 13.8. The van der Waals surface area contributed by atoms with Crippen molar-refractivity contribution >= 4 is 0 Å². The fourth-order valence-corrected chi connectivity index (χ4v) is 1.20. The van der Waals surface area contributed by atoms with E-state index in [2.05, 4.69) is 6.58 Å². The summed E-state index contributed by atoms with van der Waals surface area (Å²) in [7, 11) is 0. The lowest BCUT2D eigenvalue weighted by molar-refractivity contribution is 0.282. The third kappa shape index (κ3) is 9.70. The monoisotopic (exact) mass is 172 g/mol. The van der Waals surface area contributed by atoms with E-state index in [1.807, 2.05) is 6.08 Å². The summed E-state index contributed by atoms with van der Waals surface area (Å²) < 4.78 is 13.8. The van der Waals surface area contributed by atoms with Crippen LogP contribution in [0.2, 0.25) is 0 Å². The third-order valence-corrected chi connectivity index (χ3v) is 1.95. The lowest BCUT2D eigenvalue weighted by Crippen LogP contribution is -1.83. The van der Waals surface area contributed by atoms with Crippen molar-refractivity contribution in [3.63, 3.8) is 0 Å². The van der Waals surface area contributed by atoms with Crippen LogP contribution in [-0.2, 0) is 0 Å². The minimum Gasteiger partial charge on any atom is -0.396 e. The summed E-state index contributed by atoms with van der Waals surface area (Å²) in [5.41, 5.74) is 0. The molecule has 0 heterocycles. The standard InChI is InChI=1S/C11H22O/c1-2-3-4-5-6-7-8-9-10-11-12/h2,12H,1,3-11H2/i11D2. The fourth-order valence-electron chi connectivity index (χ4n) is 1.20. The molecule has 0 aliphatic carbocycles. The van der Waals surface area contributed by atoms with Crippen molar-refractivity contribution in [1.29, 1.82) is 0 Å². The van der Waals surface area contributed by atoms with E-state index in [9.17, 15) is 0 Å². The number of unbranched alkanes of at least 4 members (excludes halogenated alkanes) is 6. The van der Waals surface area contributed by atoms with Crippen LogP contribution < -0.4 is 0 Å². The van der Waals surface area contributed by atoms with Gasteiger partial charge in [0, 0.05) is 6.56 Å². The Labute approximate surface area is 79.3 Å². The molecule has 1 N–H and O–H groups in total. The van der Waals surface area contributed by atoms with Crippen molar-refractivity contribution in [2.24, 2.45) is 0 Å². The molecule has 0 aromatic rings. The summed E-state index contributed by atoms with van der Waals surface area (Å²) in [5, 5.41) is 8.81. The molecule has 0 aliphatic heterocycles. The maximum atomic E-state index is 8.81. The van der Waals surface area contributed by atoms with E-state index in [-0.39, 0.29) is 6.42 Å². The minimum atomic E-state index is -1.97. The van der Waals surface area contributed by atoms with Gasteiger partial charge in [0.15, 0.2) is 0 Å². The van der Waals surface area contributed by atoms with Gasteiger partial charge < -0.3 is 5.11 Å². The second kappa shape index (κ2) is 10.7. The van der Waals surface area contributed by atoms with E-state index in [4.69, 9.17) is 7.85 Å². The third-order valence-electron chi connectivity index (χ3n) is 1.95. The van der Waals surface area contributed by atoms with Crippen LogP contribution in [0.15, 0.2) is 12.7 Å². The molecule has 0 rings (SSSR count). The van der Waals surface area contributed by atoms with Gasteiger partial charge >= 0.3 is 0 Å². The van der Waals surface area contributed by atoms with Gasteiger partial charge in [-0.1, -0.05) is 38.2 Å². The van der Waals surface area contributed by atoms with Gasteiger partial charge in [-0.3, -0.25) is 0 Å². The van der Waals surface area contributed by atoms with Gasteiger partial charge in [-0.05, 0) is 19.3 Å². The largest absolute Gasteiger partial charge is 0.396 e. The second-order valence-corrected chi connectivity index (χ2v) is 3.11. The van der Waals surface area contributed by atoms with Crippen LogP contribution in [0.4, 0.5) is 0 Å². The van der Waals surface area contributed by atoms with Crippen LogP contribution in [0.25, 0.3) is 0 Å². The molecule has 0 atom stereocenters. The molecule has 0 aliphatic rings. The lowest BCUT2D eigenvalue weighted by Gasteiger charge is -1.99. The van der Waals surface area contributed by atoms with Gasteiger partial charge in [-0.2, -0.15) is 0 Å². The Morgan fingerprint density at radius 3 is 2.00 bits per heavy atom. The molecule has 1 heteroatoms. The zero-order valence-electron chi connectivity index (χ0n) is 9.89. The van der Waals surface area contributed by atoms with E-state index in [1.165, 1.54) is 19.3 Å². The Hall–Kier alpha value is -0.300. The fraction of sp³-hybridized carbons (Fsp3) is 0.818. The Balaban J connectivity index is 3.03. The molecule has 0 saturated carbocycles. The van der Waals surface area contributed by atoms with Crippen LogP contribution in [0.1, 0.15) is 54.1 Å². The molecular formula is C11H22O. The van der Waals surface area contributed by atoms with Crippen molar-refractivity contribution in [2.45, 2.75) is 51.4 Å². The number of rotatable bonds is 9. The summed E-state index contributed by atoms with van der Waals surface area (Å²) in [6, 6.07) is 0.